The Hall–Kier alpha value is -1.95. The number of ether oxygens (including phenoxy) is 1. The molecule has 3 nitrogen and oxygen atoms in total. The zero-order valence-electron chi connectivity index (χ0n) is 11.5. The van der Waals surface area contributed by atoms with Gasteiger partial charge in [0.05, 0.1) is 0 Å². The maximum atomic E-state index is 11.7. The van der Waals surface area contributed by atoms with Crippen molar-refractivity contribution in [1.29, 1.82) is 0 Å². The predicted molar refractivity (Wildman–Crippen MR) is 76.8 cm³/mol. The highest BCUT2D eigenvalue weighted by Gasteiger charge is 2.52. The molecule has 2 aliphatic carbocycles. The first kappa shape index (κ1) is 13.1. The first-order valence-corrected chi connectivity index (χ1v) is 7.12. The van der Waals surface area contributed by atoms with Crippen LogP contribution in [0.4, 0.5) is 4.79 Å². The van der Waals surface area contributed by atoms with Crippen LogP contribution in [0, 0.1) is 23.7 Å². The van der Waals surface area contributed by atoms with Gasteiger partial charge in [-0.1, -0.05) is 30.3 Å². The Morgan fingerprint density at radius 2 is 2.00 bits per heavy atom. The van der Waals surface area contributed by atoms with Crippen LogP contribution in [0.25, 0.3) is 0 Å². The van der Waals surface area contributed by atoms with Gasteiger partial charge in [-0.15, -0.1) is 12.3 Å². The van der Waals surface area contributed by atoms with Crippen molar-refractivity contribution in [3.8, 4) is 12.3 Å². The van der Waals surface area contributed by atoms with Crippen LogP contribution in [-0.2, 0) is 11.3 Å². The number of carbonyl (C=O) groups excluding carboxylic acids is 1. The first-order valence-electron chi connectivity index (χ1n) is 7.12. The summed E-state index contributed by atoms with van der Waals surface area (Å²) in [6, 6.07) is 9.96. The summed E-state index contributed by atoms with van der Waals surface area (Å²) >= 11 is 0. The van der Waals surface area contributed by atoms with Gasteiger partial charge in [0.2, 0.25) is 0 Å². The van der Waals surface area contributed by atoms with Gasteiger partial charge in [-0.3, -0.25) is 0 Å². The number of terminal acetylenes is 1. The third-order valence-electron chi connectivity index (χ3n) is 4.49. The van der Waals surface area contributed by atoms with Crippen molar-refractivity contribution in [3.05, 3.63) is 35.9 Å². The third kappa shape index (κ3) is 2.65. The minimum atomic E-state index is -0.318. The van der Waals surface area contributed by atoms with Crippen LogP contribution in [0.2, 0.25) is 0 Å². The zero-order valence-corrected chi connectivity index (χ0v) is 11.5. The van der Waals surface area contributed by atoms with Gasteiger partial charge in [-0.2, -0.15) is 0 Å². The van der Waals surface area contributed by atoms with Crippen LogP contribution in [0.15, 0.2) is 30.3 Å². The van der Waals surface area contributed by atoms with Crippen molar-refractivity contribution >= 4 is 6.09 Å². The molecule has 1 aromatic rings. The van der Waals surface area contributed by atoms with E-state index in [0.717, 1.165) is 31.2 Å². The highest BCUT2D eigenvalue weighted by Crippen LogP contribution is 2.58. The first-order chi connectivity index (χ1) is 9.69. The fourth-order valence-electron chi connectivity index (χ4n) is 3.46. The summed E-state index contributed by atoms with van der Waals surface area (Å²) < 4.78 is 5.21. The topological polar surface area (TPSA) is 38.3 Å². The number of benzene rings is 1. The molecule has 1 spiro atoms. The standard InChI is InChI=1S/C17H19NO2/c1-2-13-8-17(9-13)10-15(11-17)18-16(19)20-12-14-6-4-3-5-7-14/h1,3-7,13,15H,8-12H2,(H,18,19). The van der Waals surface area contributed by atoms with E-state index in [-0.39, 0.29) is 12.1 Å². The van der Waals surface area contributed by atoms with Gasteiger partial charge in [0.15, 0.2) is 0 Å². The minimum absolute atomic E-state index is 0.261. The summed E-state index contributed by atoms with van der Waals surface area (Å²) in [7, 11) is 0. The van der Waals surface area contributed by atoms with E-state index in [9.17, 15) is 4.79 Å². The molecule has 2 aliphatic rings. The average Bonchev–Trinajstić information content (AvgIpc) is 2.39. The highest BCUT2D eigenvalue weighted by molar-refractivity contribution is 5.67. The second-order valence-electron chi connectivity index (χ2n) is 6.08. The summed E-state index contributed by atoms with van der Waals surface area (Å²) in [4.78, 5) is 11.7. The second kappa shape index (κ2) is 5.20. The van der Waals surface area contributed by atoms with Gasteiger partial charge >= 0.3 is 6.09 Å². The lowest BCUT2D eigenvalue weighted by Gasteiger charge is -2.56. The predicted octanol–water partition coefficient (Wildman–Crippen LogP) is 3.10. The molecular weight excluding hydrogens is 250 g/mol. The third-order valence-corrected chi connectivity index (χ3v) is 4.49. The molecule has 1 amide bonds. The molecule has 2 saturated carbocycles. The number of nitrogens with one attached hydrogen (secondary N) is 1. The van der Waals surface area contributed by atoms with Gasteiger partial charge in [-0.05, 0) is 36.7 Å². The second-order valence-corrected chi connectivity index (χ2v) is 6.08. The summed E-state index contributed by atoms with van der Waals surface area (Å²) in [6.07, 6.45) is 9.43. The molecule has 3 rings (SSSR count). The lowest BCUT2D eigenvalue weighted by Crippen LogP contribution is -2.56. The Kier molecular flexibility index (Phi) is 3.40. The monoisotopic (exact) mass is 269 g/mol. The van der Waals surface area contributed by atoms with E-state index in [1.165, 1.54) is 0 Å². The van der Waals surface area contributed by atoms with Gasteiger partial charge < -0.3 is 10.1 Å². The molecule has 1 N–H and O–H groups in total. The van der Waals surface area contributed by atoms with Crippen molar-refractivity contribution in [2.75, 3.05) is 0 Å². The molecule has 2 fully saturated rings. The van der Waals surface area contributed by atoms with Crippen molar-refractivity contribution in [1.82, 2.24) is 5.32 Å². The van der Waals surface area contributed by atoms with E-state index in [4.69, 9.17) is 11.2 Å². The van der Waals surface area contributed by atoms with Gasteiger partial charge in [-0.25, -0.2) is 4.79 Å². The van der Waals surface area contributed by atoms with E-state index >= 15 is 0 Å². The van der Waals surface area contributed by atoms with Gasteiger partial charge in [0.25, 0.3) is 0 Å². The molecule has 0 radical (unpaired) electrons. The number of amides is 1. The van der Waals surface area contributed by atoms with Gasteiger partial charge in [0.1, 0.15) is 6.61 Å². The quantitative estimate of drug-likeness (QED) is 0.856. The van der Waals surface area contributed by atoms with E-state index in [0.29, 0.717) is 17.9 Å². The largest absolute Gasteiger partial charge is 0.445 e. The Morgan fingerprint density at radius 3 is 2.65 bits per heavy atom. The number of hydrogen-bond donors (Lipinski definition) is 1. The summed E-state index contributed by atoms with van der Waals surface area (Å²) in [5, 5.41) is 2.93. The molecular formula is C17H19NO2. The summed E-state index contributed by atoms with van der Waals surface area (Å²) in [5.74, 6) is 3.27. The van der Waals surface area contributed by atoms with E-state index in [1.807, 2.05) is 30.3 Å². The lowest BCUT2D eigenvalue weighted by atomic mass is 9.50. The minimum Gasteiger partial charge on any atom is -0.445 e. The summed E-state index contributed by atoms with van der Waals surface area (Å²) in [6.45, 7) is 0.323. The number of rotatable bonds is 3. The zero-order chi connectivity index (χ0) is 14.0. The smallest absolute Gasteiger partial charge is 0.407 e. The molecule has 0 saturated heterocycles. The van der Waals surface area contributed by atoms with Crippen LogP contribution < -0.4 is 5.32 Å². The molecule has 104 valence electrons. The number of hydrogen-bond acceptors (Lipinski definition) is 2. The van der Waals surface area contributed by atoms with Crippen molar-refractivity contribution in [2.45, 2.75) is 38.3 Å². The van der Waals surface area contributed by atoms with E-state index in [2.05, 4.69) is 11.2 Å². The van der Waals surface area contributed by atoms with E-state index < -0.39 is 0 Å². The molecule has 3 heteroatoms. The Labute approximate surface area is 119 Å². The van der Waals surface area contributed by atoms with Crippen LogP contribution in [0.1, 0.15) is 31.2 Å². The Bertz CT molecular complexity index is 518. The fourth-order valence-corrected chi connectivity index (χ4v) is 3.46. The Morgan fingerprint density at radius 1 is 1.30 bits per heavy atom. The molecule has 0 bridgehead atoms. The Balaban J connectivity index is 1.36. The van der Waals surface area contributed by atoms with Crippen molar-refractivity contribution in [2.24, 2.45) is 11.3 Å². The van der Waals surface area contributed by atoms with Crippen molar-refractivity contribution < 1.29 is 9.53 Å². The molecule has 0 heterocycles. The van der Waals surface area contributed by atoms with Crippen LogP contribution >= 0.6 is 0 Å². The van der Waals surface area contributed by atoms with Crippen molar-refractivity contribution in [3.63, 3.8) is 0 Å². The highest BCUT2D eigenvalue weighted by atomic mass is 16.5. The maximum Gasteiger partial charge on any atom is 0.407 e. The fraction of sp³-hybridized carbons (Fsp3) is 0.471. The van der Waals surface area contributed by atoms with Crippen LogP contribution in [0.3, 0.4) is 0 Å². The van der Waals surface area contributed by atoms with Crippen LogP contribution in [0.5, 0.6) is 0 Å². The van der Waals surface area contributed by atoms with E-state index in [1.54, 1.807) is 0 Å². The maximum absolute atomic E-state index is 11.7. The number of alkyl carbamates (subject to hydrolysis) is 1. The molecule has 0 aliphatic heterocycles. The SMILES string of the molecule is C#CC1CC2(C1)CC(NC(=O)OCc1ccccc1)C2. The number of carbonyl (C=O) groups is 1. The lowest BCUT2D eigenvalue weighted by molar-refractivity contribution is -0.0283. The molecule has 0 atom stereocenters. The normalized spacial score (nSPS) is 30.8. The molecule has 0 unspecified atom stereocenters. The molecule has 20 heavy (non-hydrogen) atoms. The average molecular weight is 269 g/mol. The van der Waals surface area contributed by atoms with Gasteiger partial charge in [0, 0.05) is 12.0 Å². The molecule has 1 aromatic carbocycles. The van der Waals surface area contributed by atoms with Crippen LogP contribution in [-0.4, -0.2) is 12.1 Å². The summed E-state index contributed by atoms with van der Waals surface area (Å²) in [5.41, 5.74) is 1.43. The molecule has 0 aromatic heterocycles.